The zero-order chi connectivity index (χ0) is 21.1. The first-order chi connectivity index (χ1) is 14.6. The van der Waals surface area contributed by atoms with E-state index in [0.717, 1.165) is 27.2 Å². The molecule has 2 aromatic carbocycles. The Kier molecular flexibility index (Phi) is 5.99. The Labute approximate surface area is 183 Å². The molecule has 0 radical (unpaired) electrons. The Bertz CT molecular complexity index is 1050. The summed E-state index contributed by atoms with van der Waals surface area (Å²) in [7, 11) is 0. The molecule has 0 aliphatic carbocycles. The number of nitrogens with zero attached hydrogens (tertiary/aromatic N) is 2. The molecule has 0 spiro atoms. The van der Waals surface area contributed by atoms with E-state index in [4.69, 9.17) is 0 Å². The van der Waals surface area contributed by atoms with Crippen LogP contribution in [0.2, 0.25) is 0 Å². The lowest BCUT2D eigenvalue weighted by Gasteiger charge is -2.20. The van der Waals surface area contributed by atoms with Crippen molar-refractivity contribution >= 4 is 33.4 Å². The predicted octanol–water partition coefficient (Wildman–Crippen LogP) is 4.46. The number of anilines is 1. The minimum atomic E-state index is -0.387. The molecular formula is C23H23BrN4O2. The van der Waals surface area contributed by atoms with Crippen molar-refractivity contribution in [3.05, 3.63) is 71.1 Å². The van der Waals surface area contributed by atoms with Gasteiger partial charge in [0.15, 0.2) is 0 Å². The Morgan fingerprint density at radius 1 is 1.23 bits per heavy atom. The summed E-state index contributed by atoms with van der Waals surface area (Å²) >= 11 is 3.49. The predicted molar refractivity (Wildman–Crippen MR) is 120 cm³/mol. The van der Waals surface area contributed by atoms with Gasteiger partial charge in [0.25, 0.3) is 0 Å². The van der Waals surface area contributed by atoms with E-state index in [1.165, 1.54) is 0 Å². The number of aromatic nitrogens is 2. The van der Waals surface area contributed by atoms with Gasteiger partial charge < -0.3 is 15.2 Å². The van der Waals surface area contributed by atoms with Crippen molar-refractivity contribution in [3.63, 3.8) is 0 Å². The number of amides is 2. The molecule has 154 valence electrons. The van der Waals surface area contributed by atoms with Crippen LogP contribution in [0.1, 0.15) is 31.6 Å². The number of hydrogen-bond donors (Lipinski definition) is 2. The van der Waals surface area contributed by atoms with Gasteiger partial charge in [-0.3, -0.25) is 9.59 Å². The first-order valence-corrected chi connectivity index (χ1v) is 10.8. The third-order valence-electron chi connectivity index (χ3n) is 5.37. The molecule has 2 atom stereocenters. The van der Waals surface area contributed by atoms with Crippen LogP contribution in [0.4, 0.5) is 5.69 Å². The van der Waals surface area contributed by atoms with Crippen molar-refractivity contribution < 1.29 is 9.59 Å². The van der Waals surface area contributed by atoms with Crippen LogP contribution in [0.15, 0.2) is 65.3 Å². The zero-order valence-electron chi connectivity index (χ0n) is 16.6. The molecule has 0 saturated carbocycles. The molecule has 2 heterocycles. The summed E-state index contributed by atoms with van der Waals surface area (Å²) in [5, 5.41) is 3.07. The van der Waals surface area contributed by atoms with E-state index in [1.54, 1.807) is 11.1 Å². The summed E-state index contributed by atoms with van der Waals surface area (Å²) in [6, 6.07) is 17.3. The van der Waals surface area contributed by atoms with Crippen molar-refractivity contribution in [1.29, 1.82) is 0 Å². The van der Waals surface area contributed by atoms with Gasteiger partial charge in [0, 0.05) is 17.4 Å². The molecule has 1 aliphatic rings. The van der Waals surface area contributed by atoms with Crippen molar-refractivity contribution in [2.24, 2.45) is 5.92 Å². The highest BCUT2D eigenvalue weighted by Crippen LogP contribution is 2.31. The lowest BCUT2D eigenvalue weighted by atomic mass is 10.1. The summed E-state index contributed by atoms with van der Waals surface area (Å²) in [5.41, 5.74) is 2.75. The number of imidazole rings is 1. The standard InChI is InChI=1S/C23H23BrN4O2/c1-2-18(22-25-13-19(26-22)15-8-4-3-5-9-15)27-23(30)16-12-21(29)28(14-16)20-11-7-6-10-17(20)24/h3-11,13,16,18H,2,12,14H2,1H3,(H,25,26)(H,27,30). The third-order valence-corrected chi connectivity index (χ3v) is 6.04. The number of H-pyrrole nitrogens is 1. The van der Waals surface area contributed by atoms with Crippen LogP contribution in [0.3, 0.4) is 0 Å². The molecule has 6 nitrogen and oxygen atoms in total. The van der Waals surface area contributed by atoms with Gasteiger partial charge in [-0.15, -0.1) is 0 Å². The second-order valence-electron chi connectivity index (χ2n) is 7.37. The Morgan fingerprint density at radius 2 is 1.97 bits per heavy atom. The highest BCUT2D eigenvalue weighted by Gasteiger charge is 2.36. The maximum atomic E-state index is 12.9. The van der Waals surface area contributed by atoms with Gasteiger partial charge in [-0.2, -0.15) is 0 Å². The molecule has 1 fully saturated rings. The molecule has 1 aromatic heterocycles. The number of hydrogen-bond acceptors (Lipinski definition) is 3. The molecule has 1 aliphatic heterocycles. The Morgan fingerprint density at radius 3 is 2.70 bits per heavy atom. The molecule has 2 amide bonds. The molecule has 7 heteroatoms. The smallest absolute Gasteiger partial charge is 0.227 e. The molecule has 3 aromatic rings. The summed E-state index contributed by atoms with van der Waals surface area (Å²) in [5.74, 6) is 0.167. The number of aromatic amines is 1. The van der Waals surface area contributed by atoms with Gasteiger partial charge in [0.05, 0.1) is 29.5 Å². The number of benzene rings is 2. The third kappa shape index (κ3) is 4.16. The minimum absolute atomic E-state index is 0.0422. The first-order valence-electron chi connectivity index (χ1n) is 10.0. The van der Waals surface area contributed by atoms with Gasteiger partial charge >= 0.3 is 0 Å². The number of rotatable bonds is 6. The van der Waals surface area contributed by atoms with Crippen LogP contribution in [0.25, 0.3) is 11.3 Å². The monoisotopic (exact) mass is 466 g/mol. The van der Waals surface area contributed by atoms with Gasteiger partial charge in [-0.25, -0.2) is 4.98 Å². The van der Waals surface area contributed by atoms with Crippen LogP contribution < -0.4 is 10.2 Å². The maximum absolute atomic E-state index is 12.9. The van der Waals surface area contributed by atoms with Crippen LogP contribution in [0, 0.1) is 5.92 Å². The number of nitrogens with one attached hydrogen (secondary N) is 2. The Balaban J connectivity index is 1.45. The van der Waals surface area contributed by atoms with Gasteiger partial charge in [0.2, 0.25) is 11.8 Å². The summed E-state index contributed by atoms with van der Waals surface area (Å²) in [6.45, 7) is 2.37. The van der Waals surface area contributed by atoms with E-state index in [9.17, 15) is 9.59 Å². The molecule has 0 bridgehead atoms. The SMILES string of the molecule is CCC(NC(=O)C1CC(=O)N(c2ccccc2Br)C1)c1ncc(-c2ccccc2)[nH]1. The minimum Gasteiger partial charge on any atom is -0.346 e. The van der Waals surface area contributed by atoms with Gasteiger partial charge in [-0.1, -0.05) is 49.4 Å². The van der Waals surface area contributed by atoms with Crippen molar-refractivity contribution in [1.82, 2.24) is 15.3 Å². The molecular weight excluding hydrogens is 444 g/mol. The number of carbonyl (C=O) groups is 2. The number of halogens is 1. The quantitative estimate of drug-likeness (QED) is 0.562. The Hall–Kier alpha value is -2.93. The normalized spacial score (nSPS) is 17.2. The fraction of sp³-hybridized carbons (Fsp3) is 0.261. The highest BCUT2D eigenvalue weighted by molar-refractivity contribution is 9.10. The first kappa shape index (κ1) is 20.3. The van der Waals surface area contributed by atoms with Gasteiger partial charge in [-0.05, 0) is 40.0 Å². The lowest BCUT2D eigenvalue weighted by molar-refractivity contribution is -0.127. The average molecular weight is 467 g/mol. The van der Waals surface area contributed by atoms with E-state index < -0.39 is 0 Å². The number of carbonyl (C=O) groups excluding carboxylic acids is 2. The second kappa shape index (κ2) is 8.83. The van der Waals surface area contributed by atoms with Crippen LogP contribution >= 0.6 is 15.9 Å². The second-order valence-corrected chi connectivity index (χ2v) is 8.23. The maximum Gasteiger partial charge on any atom is 0.227 e. The van der Waals surface area contributed by atoms with E-state index >= 15 is 0 Å². The molecule has 1 saturated heterocycles. The zero-order valence-corrected chi connectivity index (χ0v) is 18.2. The topological polar surface area (TPSA) is 78.1 Å². The fourth-order valence-corrected chi connectivity index (χ4v) is 4.22. The lowest BCUT2D eigenvalue weighted by Crippen LogP contribution is -2.35. The van der Waals surface area contributed by atoms with E-state index in [0.29, 0.717) is 13.0 Å². The fourth-order valence-electron chi connectivity index (χ4n) is 3.72. The van der Waals surface area contributed by atoms with Crippen LogP contribution in [-0.4, -0.2) is 28.3 Å². The van der Waals surface area contributed by atoms with Gasteiger partial charge in [0.1, 0.15) is 5.82 Å². The summed E-state index contributed by atoms with van der Waals surface area (Å²) in [4.78, 5) is 34.9. The molecule has 2 unspecified atom stereocenters. The van der Waals surface area contributed by atoms with Crippen LogP contribution in [-0.2, 0) is 9.59 Å². The summed E-state index contributed by atoms with van der Waals surface area (Å²) in [6.07, 6.45) is 2.69. The average Bonchev–Trinajstić information content (AvgIpc) is 3.40. The highest BCUT2D eigenvalue weighted by atomic mass is 79.9. The molecule has 2 N–H and O–H groups in total. The van der Waals surface area contributed by atoms with Crippen LogP contribution in [0.5, 0.6) is 0 Å². The van der Waals surface area contributed by atoms with E-state index in [1.807, 2.05) is 61.5 Å². The van der Waals surface area contributed by atoms with Crippen molar-refractivity contribution in [2.45, 2.75) is 25.8 Å². The van der Waals surface area contributed by atoms with E-state index in [2.05, 4.69) is 31.2 Å². The molecule has 30 heavy (non-hydrogen) atoms. The largest absolute Gasteiger partial charge is 0.346 e. The van der Waals surface area contributed by atoms with Crippen molar-refractivity contribution in [2.75, 3.05) is 11.4 Å². The molecule has 4 rings (SSSR count). The van der Waals surface area contributed by atoms with Crippen molar-refractivity contribution in [3.8, 4) is 11.3 Å². The van der Waals surface area contributed by atoms with E-state index in [-0.39, 0.29) is 30.2 Å². The summed E-state index contributed by atoms with van der Waals surface area (Å²) < 4.78 is 0.842. The number of para-hydroxylation sites is 1.